The molecule has 8 heteroatoms. The van der Waals surface area contributed by atoms with E-state index in [-0.39, 0.29) is 17.8 Å². The van der Waals surface area contributed by atoms with E-state index in [1.165, 1.54) is 10.1 Å². The lowest BCUT2D eigenvalue weighted by atomic mass is 10.1. The second-order valence-electron chi connectivity index (χ2n) is 4.01. The Balaban J connectivity index is 2.57. The Morgan fingerprint density at radius 1 is 1.33 bits per heavy atom. The molecule has 112 valence electrons. The number of hydrogen-bond donors (Lipinski definition) is 3. The fourth-order valence-electron chi connectivity index (χ4n) is 1.68. The number of nitrogens with one attached hydrogen (secondary N) is 1. The van der Waals surface area contributed by atoms with Gasteiger partial charge in [0.1, 0.15) is 0 Å². The smallest absolute Gasteiger partial charge is 0.337 e. The van der Waals surface area contributed by atoms with Crippen molar-refractivity contribution in [1.82, 2.24) is 0 Å². The summed E-state index contributed by atoms with van der Waals surface area (Å²) in [4.78, 5) is 11.2. The van der Waals surface area contributed by atoms with E-state index in [2.05, 4.69) is 5.32 Å². The van der Waals surface area contributed by atoms with E-state index < -0.39 is 55.4 Å². The minimum atomic E-state index is -1.47. The van der Waals surface area contributed by atoms with Gasteiger partial charge in [0.15, 0.2) is 17.5 Å². The molecule has 0 unspecified atom stereocenters. The van der Waals surface area contributed by atoms with Crippen molar-refractivity contribution in [3.05, 3.63) is 50.5 Å². The van der Waals surface area contributed by atoms with Gasteiger partial charge in [-0.15, -0.1) is 0 Å². The summed E-state index contributed by atoms with van der Waals surface area (Å²) in [6, 6.07) is 0.935. The zero-order valence-electron chi connectivity index (χ0n) is 10.5. The zero-order valence-corrected chi connectivity index (χ0v) is 12.6. The average Bonchev–Trinajstić information content (AvgIpc) is 2.46. The molecule has 1 aliphatic heterocycles. The van der Waals surface area contributed by atoms with Crippen molar-refractivity contribution in [2.24, 2.45) is 5.73 Å². The van der Waals surface area contributed by atoms with Gasteiger partial charge in [-0.3, -0.25) is 0 Å². The first-order valence-electron chi connectivity index (χ1n) is 5.68. The van der Waals surface area contributed by atoms with Crippen LogP contribution in [0.5, 0.6) is 0 Å². The Kier molecular flexibility index (Phi) is 4.78. The molecule has 1 aromatic carbocycles. The number of carbonyl (C=O) groups is 1. The highest BCUT2D eigenvalue weighted by Crippen LogP contribution is 2.29. The molecule has 0 atom stereocenters. The second kappa shape index (κ2) is 6.39. The average molecular weight is 410 g/mol. The van der Waals surface area contributed by atoms with Gasteiger partial charge in [0.05, 0.1) is 16.9 Å². The number of anilines is 1. The van der Waals surface area contributed by atoms with Crippen LogP contribution >= 0.6 is 20.7 Å². The van der Waals surface area contributed by atoms with Crippen LogP contribution in [0.2, 0.25) is 0 Å². The Labute approximate surface area is 127 Å². The van der Waals surface area contributed by atoms with Crippen LogP contribution in [0.3, 0.4) is 0 Å². The lowest BCUT2D eigenvalue weighted by Gasteiger charge is -2.15. The Morgan fingerprint density at radius 3 is 2.62 bits per heavy atom. The lowest BCUT2D eigenvalue weighted by molar-refractivity contribution is 0.0697. The van der Waals surface area contributed by atoms with Gasteiger partial charge in [-0.2, -0.15) is 0 Å². The first-order chi connectivity index (χ1) is 9.95. The number of aromatic carboxylic acids is 1. The van der Waals surface area contributed by atoms with E-state index in [1.807, 2.05) is 0 Å². The third-order valence-electron chi connectivity index (χ3n) is 2.71. The molecular formula is C13H10F3IN2O2. The highest BCUT2D eigenvalue weighted by Gasteiger charge is 2.23. The third-order valence-corrected chi connectivity index (χ3v) is 4.39. The monoisotopic (exact) mass is 410 g/mol. The summed E-state index contributed by atoms with van der Waals surface area (Å²) in [5.74, 6) is -4.74. The molecule has 0 amide bonds. The molecule has 0 saturated carbocycles. The first kappa shape index (κ1) is 15.7. The molecule has 4 N–H and O–H groups in total. The normalized spacial score (nSPS) is 14.1. The second-order valence-corrected chi connectivity index (χ2v) is 6.07. The van der Waals surface area contributed by atoms with Gasteiger partial charge < -0.3 is 16.2 Å². The number of halogens is 4. The fraction of sp³-hybridized carbons (Fsp3) is 0.0769. The van der Waals surface area contributed by atoms with Crippen molar-refractivity contribution >= 4 is 36.4 Å². The molecule has 0 radical (unpaired) electrons. The van der Waals surface area contributed by atoms with Gasteiger partial charge in [0.25, 0.3) is 0 Å². The summed E-state index contributed by atoms with van der Waals surface area (Å²) in [7, 11) is 0. The van der Waals surface area contributed by atoms with Crippen molar-refractivity contribution in [2.45, 2.75) is 6.54 Å². The number of carboxylic acids is 1. The Morgan fingerprint density at radius 2 is 2.05 bits per heavy atom. The van der Waals surface area contributed by atoms with E-state index in [0.717, 1.165) is 6.07 Å². The number of nitrogens with two attached hydrogens (primary N) is 1. The van der Waals surface area contributed by atoms with Crippen LogP contribution in [0.1, 0.15) is 15.9 Å². The quantitative estimate of drug-likeness (QED) is 0.668. The van der Waals surface area contributed by atoms with E-state index in [9.17, 15) is 18.0 Å². The summed E-state index contributed by atoms with van der Waals surface area (Å²) < 4.78 is 44.4. The Hall–Kier alpha value is -1.68. The highest BCUT2D eigenvalue weighted by molar-refractivity contribution is 14.2. The van der Waals surface area contributed by atoms with Crippen LogP contribution in [-0.2, 0) is 6.54 Å². The number of carboxylic acid groups (broad SMARTS) is 1. The van der Waals surface area contributed by atoms with Gasteiger partial charge in [-0.05, 0) is 16.2 Å². The standard InChI is InChI=1S/C13H10F3IN2O2/c14-8-4-17-2-1-9(8)19-12-7(13(20)21)3-6(5-18)10(15)11(12)16/h1-4,19H,5,18H2,(H,20,21). The van der Waals surface area contributed by atoms with Crippen molar-refractivity contribution in [3.63, 3.8) is 0 Å². The molecule has 0 spiro atoms. The maximum absolute atomic E-state index is 14.0. The zero-order chi connectivity index (χ0) is 15.6. The molecule has 2 rings (SSSR count). The van der Waals surface area contributed by atoms with Crippen LogP contribution in [0.4, 0.5) is 18.9 Å². The number of allylic oxidation sites excluding steroid dienone is 2. The van der Waals surface area contributed by atoms with Gasteiger partial charge in [0, 0.05) is 16.1 Å². The molecular weight excluding hydrogens is 400 g/mol. The van der Waals surface area contributed by atoms with E-state index in [0.29, 0.717) is 0 Å². The van der Waals surface area contributed by atoms with Crippen molar-refractivity contribution in [1.29, 1.82) is 0 Å². The van der Waals surface area contributed by atoms with E-state index in [4.69, 9.17) is 10.8 Å². The molecule has 0 saturated heterocycles. The van der Waals surface area contributed by atoms with Crippen LogP contribution in [0.25, 0.3) is 0 Å². The molecule has 1 aliphatic rings. The van der Waals surface area contributed by atoms with Crippen molar-refractivity contribution in [2.75, 3.05) is 5.32 Å². The van der Waals surface area contributed by atoms with Crippen molar-refractivity contribution in [3.8, 4) is 0 Å². The molecule has 4 nitrogen and oxygen atoms in total. The van der Waals surface area contributed by atoms with Gasteiger partial charge in [-0.25, -0.2) is 18.0 Å². The number of benzene rings is 1. The SMILES string of the molecule is NCc1cc(C(=O)O)c(NC2=C(F)C=IC=C2)c(F)c1F. The summed E-state index contributed by atoms with van der Waals surface area (Å²) >= 11 is -0.551. The number of rotatable bonds is 4. The minimum Gasteiger partial charge on any atom is -0.478 e. The van der Waals surface area contributed by atoms with Crippen LogP contribution in [0, 0.1) is 11.6 Å². The largest absolute Gasteiger partial charge is 0.478 e. The lowest BCUT2D eigenvalue weighted by Crippen LogP contribution is -2.13. The van der Waals surface area contributed by atoms with E-state index in [1.54, 1.807) is 4.08 Å². The van der Waals surface area contributed by atoms with Gasteiger partial charge in [-0.1, -0.05) is 20.7 Å². The van der Waals surface area contributed by atoms with Crippen LogP contribution in [0.15, 0.2) is 27.7 Å². The summed E-state index contributed by atoms with van der Waals surface area (Å²) in [6.45, 7) is -0.349. The Bertz CT molecular complexity index is 699. The predicted octanol–water partition coefficient (Wildman–Crippen LogP) is 3.01. The van der Waals surface area contributed by atoms with Crippen molar-refractivity contribution < 1.29 is 23.1 Å². The van der Waals surface area contributed by atoms with Gasteiger partial charge >= 0.3 is 5.97 Å². The molecule has 0 bridgehead atoms. The number of hydrogen-bond acceptors (Lipinski definition) is 3. The topological polar surface area (TPSA) is 75.4 Å². The maximum atomic E-state index is 14.0. The first-order valence-corrected chi connectivity index (χ1v) is 8.17. The predicted molar refractivity (Wildman–Crippen MR) is 82.2 cm³/mol. The molecule has 21 heavy (non-hydrogen) atoms. The fourth-order valence-corrected chi connectivity index (χ4v) is 3.11. The molecule has 1 aromatic rings. The highest BCUT2D eigenvalue weighted by atomic mass is 127. The molecule has 0 aromatic heterocycles. The van der Waals surface area contributed by atoms with E-state index >= 15 is 0 Å². The van der Waals surface area contributed by atoms with Gasteiger partial charge in [0.2, 0.25) is 0 Å². The summed E-state index contributed by atoms with van der Waals surface area (Å²) in [5.41, 5.74) is 3.74. The summed E-state index contributed by atoms with van der Waals surface area (Å²) in [5, 5.41) is 11.4. The molecule has 0 aliphatic carbocycles. The summed E-state index contributed by atoms with van der Waals surface area (Å²) in [6.07, 6.45) is 1.38. The maximum Gasteiger partial charge on any atom is 0.337 e. The minimum absolute atomic E-state index is 0.109. The molecule has 1 heterocycles. The van der Waals surface area contributed by atoms with Crippen LogP contribution < -0.4 is 11.1 Å². The molecule has 0 fully saturated rings. The van der Waals surface area contributed by atoms with Crippen LogP contribution in [-0.4, -0.2) is 15.1 Å². The third kappa shape index (κ3) is 3.16.